The van der Waals surface area contributed by atoms with E-state index in [-0.39, 0.29) is 5.91 Å². The van der Waals surface area contributed by atoms with Crippen molar-refractivity contribution in [3.05, 3.63) is 53.0 Å². The third-order valence-electron chi connectivity index (χ3n) is 5.58. The molecule has 1 amide bonds. The van der Waals surface area contributed by atoms with E-state index >= 15 is 0 Å². The molecular weight excluding hydrogens is 338 g/mol. The van der Waals surface area contributed by atoms with Gasteiger partial charge in [0, 0.05) is 50.3 Å². The van der Waals surface area contributed by atoms with Gasteiger partial charge in [0.05, 0.1) is 12.2 Å². The number of hydrogen-bond donors (Lipinski definition) is 0. The molecule has 2 aliphatic heterocycles. The molecule has 1 fully saturated rings. The third kappa shape index (κ3) is 3.67. The summed E-state index contributed by atoms with van der Waals surface area (Å²) in [6, 6.07) is 9.53. The van der Waals surface area contributed by atoms with Crippen LogP contribution in [0.15, 0.2) is 30.3 Å². The van der Waals surface area contributed by atoms with E-state index in [1.54, 1.807) is 0 Å². The lowest BCUT2D eigenvalue weighted by atomic mass is 10.0. The van der Waals surface area contributed by atoms with Crippen molar-refractivity contribution in [1.82, 2.24) is 19.8 Å². The number of anilines is 1. The van der Waals surface area contributed by atoms with Gasteiger partial charge in [-0.05, 0) is 25.6 Å². The van der Waals surface area contributed by atoms with Gasteiger partial charge in [-0.1, -0.05) is 25.1 Å². The van der Waals surface area contributed by atoms with Crippen LogP contribution in [0.5, 0.6) is 0 Å². The molecule has 0 N–H and O–H groups in total. The second-order valence-corrected chi connectivity index (χ2v) is 7.28. The third-order valence-corrected chi connectivity index (χ3v) is 5.58. The van der Waals surface area contributed by atoms with Gasteiger partial charge >= 0.3 is 0 Å². The van der Waals surface area contributed by atoms with Crippen LogP contribution in [0.1, 0.15) is 34.4 Å². The first kappa shape index (κ1) is 17.9. The lowest BCUT2D eigenvalue weighted by Crippen LogP contribution is -2.47. The predicted octanol–water partition coefficient (Wildman–Crippen LogP) is 2.13. The van der Waals surface area contributed by atoms with Gasteiger partial charge in [0.1, 0.15) is 11.6 Å². The molecule has 4 rings (SSSR count). The van der Waals surface area contributed by atoms with Crippen LogP contribution in [0.2, 0.25) is 0 Å². The Morgan fingerprint density at radius 2 is 1.78 bits per heavy atom. The average Bonchev–Trinajstić information content (AvgIpc) is 2.73. The molecule has 0 radical (unpaired) electrons. The molecule has 2 aliphatic rings. The van der Waals surface area contributed by atoms with Gasteiger partial charge in [-0.15, -0.1) is 0 Å². The van der Waals surface area contributed by atoms with E-state index in [0.29, 0.717) is 13.1 Å². The second-order valence-electron chi connectivity index (χ2n) is 7.28. The fourth-order valence-corrected chi connectivity index (χ4v) is 3.99. The summed E-state index contributed by atoms with van der Waals surface area (Å²) in [5.74, 6) is 1.94. The topological polar surface area (TPSA) is 52.6 Å². The van der Waals surface area contributed by atoms with Crippen molar-refractivity contribution >= 4 is 11.7 Å². The summed E-state index contributed by atoms with van der Waals surface area (Å²) in [6.07, 6.45) is 0.791. The van der Waals surface area contributed by atoms with Crippen molar-refractivity contribution in [2.45, 2.75) is 26.8 Å². The molecule has 27 heavy (non-hydrogen) atoms. The van der Waals surface area contributed by atoms with Gasteiger partial charge < -0.3 is 14.7 Å². The number of hydrogen-bond acceptors (Lipinski definition) is 5. The Morgan fingerprint density at radius 3 is 2.48 bits per heavy atom. The largest absolute Gasteiger partial charge is 0.354 e. The summed E-state index contributed by atoms with van der Waals surface area (Å²) in [5, 5.41) is 0. The van der Waals surface area contributed by atoms with Gasteiger partial charge in [-0.3, -0.25) is 4.79 Å². The van der Waals surface area contributed by atoms with E-state index in [1.807, 2.05) is 42.2 Å². The van der Waals surface area contributed by atoms with Gasteiger partial charge in [-0.2, -0.15) is 0 Å². The first-order valence-corrected chi connectivity index (χ1v) is 9.83. The molecule has 0 atom stereocenters. The van der Waals surface area contributed by atoms with Gasteiger partial charge in [0.25, 0.3) is 5.91 Å². The summed E-state index contributed by atoms with van der Waals surface area (Å²) in [7, 11) is 0. The zero-order valence-electron chi connectivity index (χ0n) is 16.2. The number of nitrogens with zero attached hydrogens (tertiary/aromatic N) is 5. The maximum absolute atomic E-state index is 12.9. The molecule has 1 saturated heterocycles. The standard InChI is InChI=1S/C21H27N5O/c1-3-24-11-13-25(14-12-24)20-18-15-26(10-9-19(18)22-16(2)23-20)21(27)17-7-5-4-6-8-17/h4-8H,3,9-15H2,1-2H3. The number of likely N-dealkylation sites (N-methyl/N-ethyl adjacent to an activating group) is 1. The van der Waals surface area contributed by atoms with Crippen molar-refractivity contribution in [2.24, 2.45) is 0 Å². The first-order valence-electron chi connectivity index (χ1n) is 9.83. The highest BCUT2D eigenvalue weighted by molar-refractivity contribution is 5.94. The molecule has 0 saturated carbocycles. The number of rotatable bonds is 3. The average molecular weight is 365 g/mol. The Labute approximate surface area is 160 Å². The zero-order chi connectivity index (χ0) is 18.8. The van der Waals surface area contributed by atoms with Crippen molar-refractivity contribution < 1.29 is 4.79 Å². The molecule has 0 spiro atoms. The summed E-state index contributed by atoms with van der Waals surface area (Å²) in [4.78, 5) is 29.1. The highest BCUT2D eigenvalue weighted by Gasteiger charge is 2.28. The fourth-order valence-electron chi connectivity index (χ4n) is 3.99. The Bertz CT molecular complexity index is 815. The number of fused-ring (bicyclic) bond motifs is 1. The normalized spacial score (nSPS) is 17.7. The minimum Gasteiger partial charge on any atom is -0.354 e. The number of aryl methyl sites for hydroxylation is 1. The van der Waals surface area contributed by atoms with Crippen LogP contribution in [-0.2, 0) is 13.0 Å². The van der Waals surface area contributed by atoms with Crippen molar-refractivity contribution in [1.29, 1.82) is 0 Å². The monoisotopic (exact) mass is 365 g/mol. The number of carbonyl (C=O) groups is 1. The Morgan fingerprint density at radius 1 is 1.04 bits per heavy atom. The molecule has 2 aromatic rings. The first-order chi connectivity index (χ1) is 13.2. The summed E-state index contributed by atoms with van der Waals surface area (Å²) >= 11 is 0. The lowest BCUT2D eigenvalue weighted by molar-refractivity contribution is 0.0733. The highest BCUT2D eigenvalue weighted by atomic mass is 16.2. The highest BCUT2D eigenvalue weighted by Crippen LogP contribution is 2.28. The number of amides is 1. The zero-order valence-corrected chi connectivity index (χ0v) is 16.2. The SMILES string of the molecule is CCN1CCN(c2nc(C)nc3c2CN(C(=O)c2ccccc2)CC3)CC1. The Kier molecular flexibility index (Phi) is 5.07. The molecule has 0 unspecified atom stereocenters. The smallest absolute Gasteiger partial charge is 0.254 e. The molecule has 3 heterocycles. The molecule has 142 valence electrons. The van der Waals surface area contributed by atoms with Gasteiger partial charge in [-0.25, -0.2) is 9.97 Å². The van der Waals surface area contributed by atoms with Crippen molar-refractivity contribution in [3.63, 3.8) is 0 Å². The quantitative estimate of drug-likeness (QED) is 0.834. The van der Waals surface area contributed by atoms with E-state index in [2.05, 4.69) is 21.7 Å². The van der Waals surface area contributed by atoms with E-state index in [1.165, 1.54) is 0 Å². The minimum absolute atomic E-state index is 0.0866. The molecule has 1 aromatic carbocycles. The number of benzene rings is 1. The van der Waals surface area contributed by atoms with E-state index in [9.17, 15) is 4.79 Å². The lowest BCUT2D eigenvalue weighted by Gasteiger charge is -2.37. The maximum Gasteiger partial charge on any atom is 0.254 e. The Hall–Kier alpha value is -2.47. The van der Waals surface area contributed by atoms with E-state index < -0.39 is 0 Å². The van der Waals surface area contributed by atoms with Crippen LogP contribution < -0.4 is 4.90 Å². The number of carbonyl (C=O) groups excluding carboxylic acids is 1. The maximum atomic E-state index is 12.9. The van der Waals surface area contributed by atoms with E-state index in [0.717, 1.165) is 67.6 Å². The predicted molar refractivity (Wildman–Crippen MR) is 106 cm³/mol. The molecule has 6 nitrogen and oxygen atoms in total. The second kappa shape index (κ2) is 7.64. The van der Waals surface area contributed by atoms with E-state index in [4.69, 9.17) is 4.98 Å². The summed E-state index contributed by atoms with van der Waals surface area (Å²) in [6.45, 7) is 10.6. The van der Waals surface area contributed by atoms with Crippen LogP contribution in [-0.4, -0.2) is 64.9 Å². The van der Waals surface area contributed by atoms with Crippen LogP contribution in [0.3, 0.4) is 0 Å². The summed E-state index contributed by atoms with van der Waals surface area (Å²) in [5.41, 5.74) is 2.97. The minimum atomic E-state index is 0.0866. The van der Waals surface area contributed by atoms with Crippen LogP contribution in [0.4, 0.5) is 5.82 Å². The van der Waals surface area contributed by atoms with Gasteiger partial charge in [0.2, 0.25) is 0 Å². The molecule has 6 heteroatoms. The van der Waals surface area contributed by atoms with Gasteiger partial charge in [0.15, 0.2) is 0 Å². The van der Waals surface area contributed by atoms with Crippen molar-refractivity contribution in [3.8, 4) is 0 Å². The molecular formula is C21H27N5O. The van der Waals surface area contributed by atoms with Crippen LogP contribution >= 0.6 is 0 Å². The number of piperazine rings is 1. The molecule has 0 aliphatic carbocycles. The van der Waals surface area contributed by atoms with Crippen LogP contribution in [0, 0.1) is 6.92 Å². The van der Waals surface area contributed by atoms with Crippen LogP contribution in [0.25, 0.3) is 0 Å². The Balaban J connectivity index is 1.59. The molecule has 0 bridgehead atoms. The fraction of sp³-hybridized carbons (Fsp3) is 0.476. The van der Waals surface area contributed by atoms with Crippen molar-refractivity contribution in [2.75, 3.05) is 44.2 Å². The summed E-state index contributed by atoms with van der Waals surface area (Å²) < 4.78 is 0. The molecule has 1 aromatic heterocycles. The number of aromatic nitrogens is 2.